The van der Waals surface area contributed by atoms with Gasteiger partial charge in [-0.25, -0.2) is 0 Å². The van der Waals surface area contributed by atoms with Crippen LogP contribution in [0.5, 0.6) is 0 Å². The summed E-state index contributed by atoms with van der Waals surface area (Å²) in [6.07, 6.45) is 7.08. The van der Waals surface area contributed by atoms with Gasteiger partial charge in [-0.2, -0.15) is 16.9 Å². The van der Waals surface area contributed by atoms with E-state index in [9.17, 15) is 0 Å². The molecule has 0 spiro atoms. The van der Waals surface area contributed by atoms with E-state index in [1.807, 2.05) is 6.20 Å². The van der Waals surface area contributed by atoms with Crippen molar-refractivity contribution in [3.8, 4) is 0 Å². The molecule has 2 rings (SSSR count). The molecule has 1 aromatic rings. The minimum absolute atomic E-state index is 0.402. The fourth-order valence-corrected chi connectivity index (χ4v) is 4.77. The minimum Gasteiger partial charge on any atom is -0.309 e. The van der Waals surface area contributed by atoms with Crippen LogP contribution < -0.4 is 5.32 Å². The van der Waals surface area contributed by atoms with Gasteiger partial charge in [-0.3, -0.25) is 4.68 Å². The topological polar surface area (TPSA) is 29.9 Å². The van der Waals surface area contributed by atoms with Gasteiger partial charge < -0.3 is 5.32 Å². The maximum atomic E-state index is 4.56. The lowest BCUT2D eigenvalue weighted by atomic mass is 9.92. The Morgan fingerprint density at radius 2 is 2.14 bits per heavy atom. The zero-order valence-electron chi connectivity index (χ0n) is 13.4. The Labute approximate surface area is 141 Å². The standard InChI is InChI=1S/C16H28BrN3S/c1-4-7-18-15(10-13-5-8-21-9-6-13)16-14(17)11-19-20(16)12(2)3/h11-13,15,18H,4-10H2,1-3H3. The quantitative estimate of drug-likeness (QED) is 0.744. The maximum absolute atomic E-state index is 4.56. The van der Waals surface area contributed by atoms with E-state index in [1.54, 1.807) is 0 Å². The minimum atomic E-state index is 0.402. The summed E-state index contributed by atoms with van der Waals surface area (Å²) in [7, 11) is 0. The molecule has 3 nitrogen and oxygen atoms in total. The van der Waals surface area contributed by atoms with Crippen molar-refractivity contribution < 1.29 is 0 Å². The van der Waals surface area contributed by atoms with E-state index in [0.717, 1.165) is 16.9 Å². The highest BCUT2D eigenvalue weighted by atomic mass is 79.9. The van der Waals surface area contributed by atoms with E-state index >= 15 is 0 Å². The monoisotopic (exact) mass is 373 g/mol. The molecular formula is C16H28BrN3S. The molecule has 1 fully saturated rings. The molecule has 0 saturated carbocycles. The molecule has 1 N–H and O–H groups in total. The molecule has 1 aliphatic heterocycles. The summed E-state index contributed by atoms with van der Waals surface area (Å²) in [5, 5.41) is 8.32. The number of halogens is 1. The van der Waals surface area contributed by atoms with Crippen molar-refractivity contribution >= 4 is 27.7 Å². The lowest BCUT2D eigenvalue weighted by Gasteiger charge is -2.28. The number of aromatic nitrogens is 2. The molecule has 21 heavy (non-hydrogen) atoms. The molecule has 0 aromatic carbocycles. The van der Waals surface area contributed by atoms with E-state index in [-0.39, 0.29) is 0 Å². The number of nitrogens with one attached hydrogen (secondary N) is 1. The first-order valence-corrected chi connectivity index (χ1v) is 10.1. The van der Waals surface area contributed by atoms with E-state index in [0.29, 0.717) is 12.1 Å². The van der Waals surface area contributed by atoms with Crippen LogP contribution in [0, 0.1) is 5.92 Å². The molecule has 1 aromatic heterocycles. The zero-order valence-corrected chi connectivity index (χ0v) is 15.8. The van der Waals surface area contributed by atoms with Gasteiger partial charge in [0.25, 0.3) is 0 Å². The van der Waals surface area contributed by atoms with Gasteiger partial charge in [-0.15, -0.1) is 0 Å². The van der Waals surface area contributed by atoms with Crippen molar-refractivity contribution in [2.75, 3.05) is 18.1 Å². The Morgan fingerprint density at radius 3 is 2.76 bits per heavy atom. The van der Waals surface area contributed by atoms with Gasteiger partial charge in [0.05, 0.1) is 22.4 Å². The highest BCUT2D eigenvalue weighted by molar-refractivity contribution is 9.10. The van der Waals surface area contributed by atoms with Gasteiger partial charge in [0.2, 0.25) is 0 Å². The van der Waals surface area contributed by atoms with Crippen LogP contribution in [0.15, 0.2) is 10.7 Å². The summed E-state index contributed by atoms with van der Waals surface area (Å²) in [5.41, 5.74) is 1.33. The predicted octanol–water partition coefficient (Wildman–Crippen LogP) is 4.80. The van der Waals surface area contributed by atoms with Crippen molar-refractivity contribution in [2.45, 2.75) is 58.5 Å². The lowest BCUT2D eigenvalue weighted by Crippen LogP contribution is -2.28. The Kier molecular flexibility index (Phi) is 7.10. The number of hydrogen-bond acceptors (Lipinski definition) is 3. The molecule has 2 heterocycles. The van der Waals surface area contributed by atoms with Gasteiger partial charge in [-0.1, -0.05) is 6.92 Å². The molecule has 120 valence electrons. The molecule has 1 unspecified atom stereocenters. The molecule has 1 aliphatic rings. The number of thioether (sulfide) groups is 1. The predicted molar refractivity (Wildman–Crippen MR) is 96.0 cm³/mol. The number of rotatable bonds is 7. The van der Waals surface area contributed by atoms with Crippen LogP contribution in [0.3, 0.4) is 0 Å². The van der Waals surface area contributed by atoms with E-state index in [4.69, 9.17) is 0 Å². The average molecular weight is 374 g/mol. The Morgan fingerprint density at radius 1 is 1.43 bits per heavy atom. The Bertz CT molecular complexity index is 427. The second kappa shape index (κ2) is 8.59. The molecule has 0 amide bonds. The molecule has 5 heteroatoms. The van der Waals surface area contributed by atoms with Crippen LogP contribution in [0.4, 0.5) is 0 Å². The zero-order chi connectivity index (χ0) is 15.2. The van der Waals surface area contributed by atoms with E-state index in [2.05, 4.69) is 63.6 Å². The number of nitrogens with zero attached hydrogens (tertiary/aromatic N) is 2. The third kappa shape index (κ3) is 4.73. The third-order valence-electron chi connectivity index (χ3n) is 4.16. The smallest absolute Gasteiger partial charge is 0.0698 e. The fourth-order valence-electron chi connectivity index (χ4n) is 3.01. The second-order valence-electron chi connectivity index (χ2n) is 6.21. The summed E-state index contributed by atoms with van der Waals surface area (Å²) in [6.45, 7) is 7.71. The summed E-state index contributed by atoms with van der Waals surface area (Å²) in [4.78, 5) is 0. The molecule has 0 radical (unpaired) electrons. The van der Waals surface area contributed by atoms with Crippen LogP contribution >= 0.6 is 27.7 Å². The van der Waals surface area contributed by atoms with Crippen molar-refractivity contribution in [2.24, 2.45) is 5.92 Å². The van der Waals surface area contributed by atoms with Crippen LogP contribution in [-0.2, 0) is 0 Å². The summed E-state index contributed by atoms with van der Waals surface area (Å²) < 4.78 is 3.32. The number of hydrogen-bond donors (Lipinski definition) is 1. The first-order chi connectivity index (χ1) is 10.1. The first kappa shape index (κ1) is 17.4. The van der Waals surface area contributed by atoms with Crippen LogP contribution in [-0.4, -0.2) is 27.8 Å². The summed E-state index contributed by atoms with van der Waals surface area (Å²) in [5.74, 6) is 3.51. The van der Waals surface area contributed by atoms with Gasteiger partial charge >= 0.3 is 0 Å². The lowest BCUT2D eigenvalue weighted by molar-refractivity contribution is 0.347. The van der Waals surface area contributed by atoms with Gasteiger partial charge in [0, 0.05) is 6.04 Å². The first-order valence-electron chi connectivity index (χ1n) is 8.17. The maximum Gasteiger partial charge on any atom is 0.0698 e. The van der Waals surface area contributed by atoms with Crippen LogP contribution in [0.1, 0.15) is 64.2 Å². The highest BCUT2D eigenvalue weighted by Crippen LogP contribution is 2.34. The fraction of sp³-hybridized carbons (Fsp3) is 0.812. The van der Waals surface area contributed by atoms with E-state index < -0.39 is 0 Å². The molecule has 1 saturated heterocycles. The van der Waals surface area contributed by atoms with Crippen molar-refractivity contribution in [3.05, 3.63) is 16.4 Å². The van der Waals surface area contributed by atoms with E-state index in [1.165, 1.54) is 42.9 Å². The molecular weight excluding hydrogens is 346 g/mol. The third-order valence-corrected chi connectivity index (χ3v) is 5.82. The Hall–Kier alpha value is 0. The molecule has 0 aliphatic carbocycles. The molecule has 1 atom stereocenters. The Balaban J connectivity index is 2.16. The van der Waals surface area contributed by atoms with Crippen molar-refractivity contribution in [1.82, 2.24) is 15.1 Å². The normalized spacial score (nSPS) is 18.3. The largest absolute Gasteiger partial charge is 0.309 e. The summed E-state index contributed by atoms with van der Waals surface area (Å²) in [6, 6.07) is 0.816. The summed E-state index contributed by atoms with van der Waals surface area (Å²) >= 11 is 5.82. The highest BCUT2D eigenvalue weighted by Gasteiger charge is 2.25. The second-order valence-corrected chi connectivity index (χ2v) is 8.29. The van der Waals surface area contributed by atoms with Crippen LogP contribution in [0.2, 0.25) is 0 Å². The molecule has 0 bridgehead atoms. The van der Waals surface area contributed by atoms with Gasteiger partial charge in [0.1, 0.15) is 0 Å². The SMILES string of the molecule is CCCNC(CC1CCSCC1)c1c(Br)cnn1C(C)C. The van der Waals surface area contributed by atoms with Gasteiger partial charge in [-0.05, 0) is 79.4 Å². The van der Waals surface area contributed by atoms with Crippen molar-refractivity contribution in [1.29, 1.82) is 0 Å². The van der Waals surface area contributed by atoms with Crippen LogP contribution in [0.25, 0.3) is 0 Å². The van der Waals surface area contributed by atoms with Gasteiger partial charge in [0.15, 0.2) is 0 Å². The van der Waals surface area contributed by atoms with Crippen molar-refractivity contribution in [3.63, 3.8) is 0 Å². The average Bonchev–Trinajstić information content (AvgIpc) is 2.86.